The van der Waals surface area contributed by atoms with Crippen LogP contribution >= 0.6 is 11.3 Å². The van der Waals surface area contributed by atoms with E-state index < -0.39 is 0 Å². The third kappa shape index (κ3) is 1.44. The van der Waals surface area contributed by atoms with E-state index in [-0.39, 0.29) is 0 Å². The lowest BCUT2D eigenvalue weighted by atomic mass is 10.00. The quantitative estimate of drug-likeness (QED) is 0.440. The highest BCUT2D eigenvalue weighted by atomic mass is 32.1. The van der Waals surface area contributed by atoms with Crippen molar-refractivity contribution in [2.45, 2.75) is 0 Å². The summed E-state index contributed by atoms with van der Waals surface area (Å²) in [5.74, 6) is 0. The summed E-state index contributed by atoms with van der Waals surface area (Å²) in [5.41, 5.74) is 0.773. The highest BCUT2D eigenvalue weighted by Gasteiger charge is 2.11. The summed E-state index contributed by atoms with van der Waals surface area (Å²) < 4.78 is 2.45. The van der Waals surface area contributed by atoms with Crippen LogP contribution in [0, 0.1) is 0 Å². The van der Waals surface area contributed by atoms with Gasteiger partial charge in [0, 0.05) is 25.7 Å². The molecule has 0 saturated heterocycles. The maximum Gasteiger partial charge on any atom is 0.150 e. The van der Waals surface area contributed by atoms with Crippen LogP contribution < -0.4 is 0 Å². The Labute approximate surface area is 114 Å². The van der Waals surface area contributed by atoms with Crippen molar-refractivity contribution in [2.75, 3.05) is 0 Å². The summed E-state index contributed by atoms with van der Waals surface area (Å²) in [4.78, 5) is 11.3. The van der Waals surface area contributed by atoms with E-state index >= 15 is 0 Å². The van der Waals surface area contributed by atoms with E-state index in [2.05, 4.69) is 30.3 Å². The predicted octanol–water partition coefficient (Wildman–Crippen LogP) is 5.02. The number of hydrogen-bond donors (Lipinski definition) is 0. The summed E-state index contributed by atoms with van der Waals surface area (Å²) in [6.07, 6.45) is 0.951. The Hall–Kier alpha value is -2.19. The molecule has 0 fully saturated rings. The van der Waals surface area contributed by atoms with E-state index in [9.17, 15) is 4.79 Å². The van der Waals surface area contributed by atoms with Gasteiger partial charge < -0.3 is 0 Å². The summed E-state index contributed by atoms with van der Waals surface area (Å²) in [5, 5.41) is 4.74. The van der Waals surface area contributed by atoms with Crippen molar-refractivity contribution < 1.29 is 4.79 Å². The van der Waals surface area contributed by atoms with Gasteiger partial charge in [0.2, 0.25) is 0 Å². The molecule has 3 aromatic carbocycles. The predicted molar refractivity (Wildman–Crippen MR) is 82.2 cm³/mol. The van der Waals surface area contributed by atoms with E-state index in [4.69, 9.17) is 0 Å². The van der Waals surface area contributed by atoms with Crippen LogP contribution in [0.4, 0.5) is 0 Å². The minimum Gasteiger partial charge on any atom is -0.298 e. The number of fused-ring (bicyclic) bond motifs is 5. The fourth-order valence-corrected chi connectivity index (χ4v) is 3.88. The average Bonchev–Trinajstić information content (AvgIpc) is 2.84. The SMILES string of the molecule is O=Cc1cc2sc3ccccc3c2c2ccccc12. The van der Waals surface area contributed by atoms with Crippen LogP contribution in [0.1, 0.15) is 10.4 Å². The van der Waals surface area contributed by atoms with Crippen LogP contribution in [-0.2, 0) is 0 Å². The second-order valence-corrected chi connectivity index (χ2v) is 5.68. The molecule has 0 unspecified atom stereocenters. The third-order valence-electron chi connectivity index (χ3n) is 3.54. The highest BCUT2D eigenvalue weighted by molar-refractivity contribution is 7.26. The fourth-order valence-electron chi connectivity index (χ4n) is 2.71. The maximum atomic E-state index is 11.3. The lowest BCUT2D eigenvalue weighted by Gasteiger charge is -2.03. The number of benzene rings is 3. The van der Waals surface area contributed by atoms with Crippen LogP contribution in [-0.4, -0.2) is 6.29 Å². The second-order valence-electron chi connectivity index (χ2n) is 4.60. The van der Waals surface area contributed by atoms with Gasteiger partial charge in [-0.25, -0.2) is 0 Å². The third-order valence-corrected chi connectivity index (χ3v) is 4.66. The van der Waals surface area contributed by atoms with E-state index in [1.165, 1.54) is 25.6 Å². The topological polar surface area (TPSA) is 17.1 Å². The summed E-state index contributed by atoms with van der Waals surface area (Å²) >= 11 is 1.75. The molecule has 0 bridgehead atoms. The van der Waals surface area contributed by atoms with Gasteiger partial charge in [-0.15, -0.1) is 11.3 Å². The lowest BCUT2D eigenvalue weighted by Crippen LogP contribution is -1.83. The highest BCUT2D eigenvalue weighted by Crippen LogP contribution is 2.39. The van der Waals surface area contributed by atoms with Gasteiger partial charge in [0.15, 0.2) is 6.29 Å². The first-order chi connectivity index (χ1) is 9.38. The van der Waals surface area contributed by atoms with Crippen LogP contribution in [0.5, 0.6) is 0 Å². The first kappa shape index (κ1) is 10.7. The van der Waals surface area contributed by atoms with Gasteiger partial charge in [-0.2, -0.15) is 0 Å². The molecular weight excluding hydrogens is 252 g/mol. The van der Waals surface area contributed by atoms with Gasteiger partial charge in [0.05, 0.1) is 0 Å². The molecule has 0 atom stereocenters. The first-order valence-corrected chi connectivity index (χ1v) is 6.98. The Bertz CT molecular complexity index is 934. The van der Waals surface area contributed by atoms with E-state index in [0.717, 1.165) is 17.2 Å². The molecule has 0 aliphatic heterocycles. The minimum atomic E-state index is 0.773. The van der Waals surface area contributed by atoms with Crippen LogP contribution in [0.15, 0.2) is 54.6 Å². The molecule has 4 aromatic rings. The smallest absolute Gasteiger partial charge is 0.150 e. The van der Waals surface area contributed by atoms with Crippen molar-refractivity contribution in [2.24, 2.45) is 0 Å². The molecule has 1 aromatic heterocycles. The van der Waals surface area contributed by atoms with Crippen LogP contribution in [0.25, 0.3) is 30.9 Å². The fraction of sp³-hybridized carbons (Fsp3) is 0. The molecule has 4 rings (SSSR count). The molecule has 0 spiro atoms. The average molecular weight is 262 g/mol. The van der Waals surface area contributed by atoms with Gasteiger partial charge in [0.25, 0.3) is 0 Å². The van der Waals surface area contributed by atoms with Gasteiger partial charge in [-0.3, -0.25) is 4.79 Å². The molecule has 0 aliphatic rings. The van der Waals surface area contributed by atoms with Crippen molar-refractivity contribution in [1.29, 1.82) is 0 Å². The summed E-state index contributed by atoms with van der Waals surface area (Å²) in [7, 11) is 0. The molecule has 1 heterocycles. The Morgan fingerprint density at radius 3 is 2.26 bits per heavy atom. The van der Waals surface area contributed by atoms with Crippen molar-refractivity contribution in [3.05, 3.63) is 60.2 Å². The molecule has 19 heavy (non-hydrogen) atoms. The summed E-state index contributed by atoms with van der Waals surface area (Å²) in [6, 6.07) is 18.6. The Balaban J connectivity index is 2.37. The first-order valence-electron chi connectivity index (χ1n) is 6.16. The van der Waals surface area contributed by atoms with E-state index in [0.29, 0.717) is 0 Å². The summed E-state index contributed by atoms with van der Waals surface area (Å²) in [6.45, 7) is 0. The van der Waals surface area contributed by atoms with Crippen LogP contribution in [0.2, 0.25) is 0 Å². The number of hydrogen-bond acceptors (Lipinski definition) is 2. The van der Waals surface area contributed by atoms with Crippen LogP contribution in [0.3, 0.4) is 0 Å². The molecule has 90 valence electrons. The van der Waals surface area contributed by atoms with Gasteiger partial charge in [-0.05, 0) is 22.9 Å². The van der Waals surface area contributed by atoms with E-state index in [1.54, 1.807) is 11.3 Å². The molecule has 0 saturated carbocycles. The number of carbonyl (C=O) groups is 1. The second kappa shape index (κ2) is 3.90. The van der Waals surface area contributed by atoms with Gasteiger partial charge in [0.1, 0.15) is 0 Å². The molecule has 0 N–H and O–H groups in total. The zero-order valence-corrected chi connectivity index (χ0v) is 10.9. The molecule has 0 aliphatic carbocycles. The number of carbonyl (C=O) groups excluding carboxylic acids is 1. The maximum absolute atomic E-state index is 11.3. The minimum absolute atomic E-state index is 0.773. The largest absolute Gasteiger partial charge is 0.298 e. The number of rotatable bonds is 1. The van der Waals surface area contributed by atoms with Gasteiger partial charge in [-0.1, -0.05) is 42.5 Å². The standard InChI is InChI=1S/C17H10OS/c18-10-11-9-16-17(13-6-2-1-5-12(11)13)14-7-3-4-8-15(14)19-16/h1-10H. The normalized spacial score (nSPS) is 11.4. The van der Waals surface area contributed by atoms with Crippen molar-refractivity contribution >= 4 is 48.6 Å². The monoisotopic (exact) mass is 262 g/mol. The Morgan fingerprint density at radius 2 is 1.47 bits per heavy atom. The zero-order chi connectivity index (χ0) is 12.8. The lowest BCUT2D eigenvalue weighted by molar-refractivity contribution is 0.112. The molecule has 0 amide bonds. The molecule has 2 heteroatoms. The molecule has 0 radical (unpaired) electrons. The Morgan fingerprint density at radius 1 is 0.789 bits per heavy atom. The molecular formula is C17H10OS. The van der Waals surface area contributed by atoms with Crippen molar-refractivity contribution in [3.8, 4) is 0 Å². The van der Waals surface area contributed by atoms with Crippen molar-refractivity contribution in [3.63, 3.8) is 0 Å². The zero-order valence-electron chi connectivity index (χ0n) is 10.1. The number of aldehydes is 1. The Kier molecular flexibility index (Phi) is 2.20. The van der Waals surface area contributed by atoms with Gasteiger partial charge >= 0.3 is 0 Å². The molecule has 1 nitrogen and oxygen atoms in total. The van der Waals surface area contributed by atoms with Crippen molar-refractivity contribution in [1.82, 2.24) is 0 Å². The van der Waals surface area contributed by atoms with E-state index in [1.807, 2.05) is 24.3 Å². The number of thiophene rings is 1.